The van der Waals surface area contributed by atoms with E-state index in [0.29, 0.717) is 19.1 Å². The number of hydrogen-bond acceptors (Lipinski definition) is 3. The predicted molar refractivity (Wildman–Crippen MR) is 64.2 cm³/mol. The molecule has 0 saturated heterocycles. The molecule has 0 aromatic heterocycles. The van der Waals surface area contributed by atoms with Crippen molar-refractivity contribution in [2.45, 2.75) is 34.1 Å². The summed E-state index contributed by atoms with van der Waals surface area (Å²) < 4.78 is 22.5. The Kier molecular flexibility index (Phi) is 7.54. The minimum Gasteiger partial charge on any atom is -0.305 e. The summed E-state index contributed by atoms with van der Waals surface area (Å²) in [6, 6.07) is 0. The number of allylic oxidation sites excluding steroid dienone is 1. The molecule has 3 nitrogen and oxygen atoms in total. The van der Waals surface area contributed by atoms with Crippen LogP contribution in [-0.2, 0) is 13.6 Å². The van der Waals surface area contributed by atoms with Gasteiger partial charge in [0.25, 0.3) is 0 Å². The molecule has 90 valence electrons. The van der Waals surface area contributed by atoms with Crippen molar-refractivity contribution in [3.63, 3.8) is 0 Å². The molecular formula is C10H20ClO3P. The van der Waals surface area contributed by atoms with Crippen LogP contribution < -0.4 is 0 Å². The van der Waals surface area contributed by atoms with E-state index in [1.807, 2.05) is 0 Å². The second-order valence-electron chi connectivity index (χ2n) is 3.49. The van der Waals surface area contributed by atoms with Crippen LogP contribution in [0.5, 0.6) is 0 Å². The van der Waals surface area contributed by atoms with Crippen molar-refractivity contribution in [2.75, 3.05) is 13.2 Å². The van der Waals surface area contributed by atoms with Gasteiger partial charge in [-0.1, -0.05) is 31.5 Å². The molecule has 0 bridgehead atoms. The molecule has 0 amide bonds. The molecule has 0 aromatic rings. The van der Waals surface area contributed by atoms with Crippen molar-refractivity contribution in [1.82, 2.24) is 0 Å². The summed E-state index contributed by atoms with van der Waals surface area (Å²) in [6.45, 7) is 8.29. The van der Waals surface area contributed by atoms with Crippen LogP contribution >= 0.6 is 19.2 Å². The zero-order chi connectivity index (χ0) is 11.9. The van der Waals surface area contributed by atoms with Gasteiger partial charge in [-0.05, 0) is 26.2 Å². The molecule has 15 heavy (non-hydrogen) atoms. The molecule has 0 N–H and O–H groups in total. The minimum atomic E-state index is -3.24. The third kappa shape index (κ3) is 5.72. The molecule has 0 aromatic carbocycles. The van der Waals surface area contributed by atoms with Crippen LogP contribution in [-0.4, -0.2) is 13.2 Å². The van der Waals surface area contributed by atoms with Crippen molar-refractivity contribution in [3.05, 3.63) is 10.8 Å². The normalized spacial score (nSPS) is 13.6. The van der Waals surface area contributed by atoms with E-state index in [0.717, 1.165) is 6.42 Å². The smallest absolute Gasteiger partial charge is 0.305 e. The lowest BCUT2D eigenvalue weighted by Crippen LogP contribution is -1.96. The van der Waals surface area contributed by atoms with Crippen LogP contribution in [0.3, 0.4) is 0 Å². The largest absolute Gasteiger partial charge is 0.372 e. The number of halogens is 1. The molecule has 0 saturated carbocycles. The first-order chi connectivity index (χ1) is 6.96. The van der Waals surface area contributed by atoms with E-state index in [9.17, 15) is 4.57 Å². The third-order valence-corrected chi connectivity index (χ3v) is 4.29. The van der Waals surface area contributed by atoms with E-state index in [-0.39, 0.29) is 4.77 Å². The van der Waals surface area contributed by atoms with Gasteiger partial charge >= 0.3 is 7.60 Å². The highest BCUT2D eigenvalue weighted by Gasteiger charge is 2.27. The second-order valence-corrected chi connectivity index (χ2v) is 6.15. The molecule has 0 fully saturated rings. The van der Waals surface area contributed by atoms with E-state index >= 15 is 0 Å². The summed E-state index contributed by atoms with van der Waals surface area (Å²) in [5.74, 6) is 0.468. The first-order valence-corrected chi connectivity index (χ1v) is 7.13. The summed E-state index contributed by atoms with van der Waals surface area (Å²) in [6.07, 6.45) is 2.49. The highest BCUT2D eigenvalue weighted by molar-refractivity contribution is 7.61. The molecule has 0 atom stereocenters. The first kappa shape index (κ1) is 15.2. The summed E-state index contributed by atoms with van der Waals surface area (Å²) in [5.41, 5.74) is 0. The number of hydrogen-bond donors (Lipinski definition) is 0. The van der Waals surface area contributed by atoms with Crippen molar-refractivity contribution >= 4 is 19.2 Å². The van der Waals surface area contributed by atoms with Crippen molar-refractivity contribution in [3.8, 4) is 0 Å². The zero-order valence-corrected chi connectivity index (χ0v) is 11.5. The van der Waals surface area contributed by atoms with Crippen molar-refractivity contribution in [2.24, 2.45) is 5.92 Å². The molecule has 0 spiro atoms. The number of rotatable bonds is 7. The Morgan fingerprint density at radius 3 is 2.13 bits per heavy atom. The van der Waals surface area contributed by atoms with Crippen LogP contribution in [0.4, 0.5) is 0 Å². The maximum absolute atomic E-state index is 12.1. The van der Waals surface area contributed by atoms with Crippen LogP contribution in [0.1, 0.15) is 34.1 Å². The van der Waals surface area contributed by atoms with Crippen LogP contribution in [0.25, 0.3) is 0 Å². The fourth-order valence-corrected chi connectivity index (χ4v) is 2.66. The van der Waals surface area contributed by atoms with Crippen LogP contribution in [0.2, 0.25) is 0 Å². The van der Waals surface area contributed by atoms with Gasteiger partial charge in [0, 0.05) is 0 Å². The topological polar surface area (TPSA) is 35.5 Å². The molecule has 0 aliphatic heterocycles. The predicted octanol–water partition coefficient (Wildman–Crippen LogP) is 4.38. The van der Waals surface area contributed by atoms with Crippen molar-refractivity contribution < 1.29 is 13.6 Å². The van der Waals surface area contributed by atoms with E-state index in [1.165, 1.54) is 0 Å². The van der Waals surface area contributed by atoms with Gasteiger partial charge in [-0.15, -0.1) is 0 Å². The first-order valence-electron chi connectivity index (χ1n) is 5.21. The van der Waals surface area contributed by atoms with Gasteiger partial charge in [0.1, 0.15) is 4.77 Å². The molecule has 0 aliphatic carbocycles. The molecule has 0 rings (SSSR count). The maximum atomic E-state index is 12.1. The summed E-state index contributed by atoms with van der Waals surface area (Å²) >= 11 is 5.94. The molecule has 5 heteroatoms. The van der Waals surface area contributed by atoms with Gasteiger partial charge in [0.15, 0.2) is 0 Å². The lowest BCUT2D eigenvalue weighted by atomic mass is 10.1. The fourth-order valence-electron chi connectivity index (χ4n) is 0.945. The highest BCUT2D eigenvalue weighted by atomic mass is 35.5. The Morgan fingerprint density at radius 1 is 1.33 bits per heavy atom. The quantitative estimate of drug-likeness (QED) is 0.633. The molecular weight excluding hydrogens is 235 g/mol. The van der Waals surface area contributed by atoms with Gasteiger partial charge in [-0.25, -0.2) is 0 Å². The van der Waals surface area contributed by atoms with Gasteiger partial charge < -0.3 is 9.05 Å². The Bertz CT molecular complexity index is 241. The maximum Gasteiger partial charge on any atom is 0.372 e. The summed E-state index contributed by atoms with van der Waals surface area (Å²) in [4.78, 5) is 0. The Morgan fingerprint density at radius 2 is 1.80 bits per heavy atom. The lowest BCUT2D eigenvalue weighted by molar-refractivity contribution is 0.228. The van der Waals surface area contributed by atoms with Gasteiger partial charge in [-0.2, -0.15) is 0 Å². The standard InChI is InChI=1S/C10H20ClO3P/c1-5-13-15(12,14-6-2)10(11)8-7-9(3)4/h8-9H,5-7H2,1-4H3/b10-8+. The minimum absolute atomic E-state index is 0.194. The van der Waals surface area contributed by atoms with Gasteiger partial charge in [0.05, 0.1) is 13.2 Å². The van der Waals surface area contributed by atoms with Crippen molar-refractivity contribution in [1.29, 1.82) is 0 Å². The zero-order valence-electron chi connectivity index (χ0n) is 9.83. The fraction of sp³-hybridized carbons (Fsp3) is 0.800. The summed E-state index contributed by atoms with van der Waals surface area (Å²) in [7, 11) is -3.24. The lowest BCUT2D eigenvalue weighted by Gasteiger charge is -2.16. The van der Waals surface area contributed by atoms with E-state index in [1.54, 1.807) is 19.9 Å². The van der Waals surface area contributed by atoms with Gasteiger partial charge in [-0.3, -0.25) is 4.57 Å². The van der Waals surface area contributed by atoms with E-state index in [4.69, 9.17) is 20.6 Å². The molecule has 0 heterocycles. The third-order valence-electron chi connectivity index (χ3n) is 1.62. The SMILES string of the molecule is CCOP(=O)(OCC)/C(Cl)=C/CC(C)C. The Balaban J connectivity index is 4.60. The average molecular weight is 255 g/mol. The Labute approximate surface area is 97.3 Å². The second kappa shape index (κ2) is 7.45. The monoisotopic (exact) mass is 254 g/mol. The van der Waals surface area contributed by atoms with E-state index in [2.05, 4.69) is 13.8 Å². The molecule has 0 aliphatic rings. The highest BCUT2D eigenvalue weighted by Crippen LogP contribution is 2.57. The Hall–Kier alpha value is 0.180. The van der Waals surface area contributed by atoms with E-state index < -0.39 is 7.60 Å². The van der Waals surface area contributed by atoms with Gasteiger partial charge in [0.2, 0.25) is 0 Å². The molecule has 0 radical (unpaired) electrons. The van der Waals surface area contributed by atoms with Crippen LogP contribution in [0.15, 0.2) is 10.8 Å². The molecule has 0 unspecified atom stereocenters. The van der Waals surface area contributed by atoms with Crippen LogP contribution in [0, 0.1) is 5.92 Å². The average Bonchev–Trinajstić information content (AvgIpc) is 2.14. The summed E-state index contributed by atoms with van der Waals surface area (Å²) in [5, 5.41) is 0.